The molecule has 1 aromatic carbocycles. The van der Waals surface area contributed by atoms with Gasteiger partial charge in [0.05, 0.1) is 11.8 Å². The number of anilines is 1. The van der Waals surface area contributed by atoms with Crippen LogP contribution in [0.1, 0.15) is 18.4 Å². The molecule has 2 aliphatic rings. The third-order valence-corrected chi connectivity index (χ3v) is 2.93. The Balaban J connectivity index is 1.76. The van der Waals surface area contributed by atoms with Crippen molar-refractivity contribution in [3.05, 3.63) is 23.8 Å². The molecule has 4 nitrogen and oxygen atoms in total. The Morgan fingerprint density at radius 3 is 3.12 bits per heavy atom. The van der Waals surface area contributed by atoms with Crippen LogP contribution in [0.2, 0.25) is 0 Å². The van der Waals surface area contributed by atoms with Crippen molar-refractivity contribution in [1.82, 2.24) is 0 Å². The molecule has 0 radical (unpaired) electrons. The lowest BCUT2D eigenvalue weighted by molar-refractivity contribution is 0.178. The van der Waals surface area contributed by atoms with E-state index < -0.39 is 7.12 Å². The average molecular weight is 219 g/mol. The van der Waals surface area contributed by atoms with Gasteiger partial charge in [-0.05, 0) is 42.4 Å². The Morgan fingerprint density at radius 1 is 1.44 bits per heavy atom. The lowest BCUT2D eigenvalue weighted by atomic mass is 9.73. The van der Waals surface area contributed by atoms with E-state index in [1.54, 1.807) is 0 Å². The monoisotopic (exact) mass is 219 g/mol. The van der Waals surface area contributed by atoms with E-state index in [0.29, 0.717) is 12.7 Å². The van der Waals surface area contributed by atoms with Gasteiger partial charge in [0.1, 0.15) is 0 Å². The van der Waals surface area contributed by atoms with Crippen molar-refractivity contribution in [3.63, 3.8) is 0 Å². The molecule has 1 aliphatic carbocycles. The molecule has 5 heteroatoms. The van der Waals surface area contributed by atoms with Gasteiger partial charge in [-0.3, -0.25) is 10.3 Å². The molecule has 0 unspecified atom stereocenters. The topological polar surface area (TPSA) is 50.7 Å². The highest BCUT2D eigenvalue weighted by molar-refractivity contribution is 6.61. The SMILES string of the molecule is OB1OCCc2ccc(NOC3CC3)cc21. The van der Waals surface area contributed by atoms with E-state index in [9.17, 15) is 5.02 Å². The van der Waals surface area contributed by atoms with Crippen molar-refractivity contribution in [1.29, 1.82) is 0 Å². The van der Waals surface area contributed by atoms with Crippen LogP contribution in [0.5, 0.6) is 0 Å². The van der Waals surface area contributed by atoms with Crippen LogP contribution in [0.4, 0.5) is 5.69 Å². The summed E-state index contributed by atoms with van der Waals surface area (Å²) in [5.74, 6) is 0. The van der Waals surface area contributed by atoms with Gasteiger partial charge in [-0.15, -0.1) is 0 Å². The number of hydrogen-bond donors (Lipinski definition) is 2. The molecule has 1 heterocycles. The average Bonchev–Trinajstić information content (AvgIpc) is 3.11. The fraction of sp³-hybridized carbons (Fsp3) is 0.455. The van der Waals surface area contributed by atoms with Crippen molar-refractivity contribution in [3.8, 4) is 0 Å². The largest absolute Gasteiger partial charge is 0.491 e. The first kappa shape index (κ1) is 10.1. The van der Waals surface area contributed by atoms with Crippen molar-refractivity contribution < 1.29 is 14.5 Å². The molecule has 3 rings (SSSR count). The summed E-state index contributed by atoms with van der Waals surface area (Å²) in [7, 11) is -0.800. The molecular formula is C11H14BNO3. The van der Waals surface area contributed by atoms with Crippen LogP contribution < -0.4 is 10.9 Å². The quantitative estimate of drug-likeness (QED) is 0.572. The number of benzene rings is 1. The molecule has 84 valence electrons. The zero-order chi connectivity index (χ0) is 11.0. The molecule has 0 aromatic heterocycles. The summed E-state index contributed by atoms with van der Waals surface area (Å²) in [6.45, 7) is 0.583. The molecule has 1 aromatic rings. The first-order valence-electron chi connectivity index (χ1n) is 5.67. The Hall–Kier alpha value is -1.04. The zero-order valence-corrected chi connectivity index (χ0v) is 8.98. The van der Waals surface area contributed by atoms with Gasteiger partial charge < -0.3 is 9.68 Å². The van der Waals surface area contributed by atoms with Gasteiger partial charge in [0.25, 0.3) is 0 Å². The van der Waals surface area contributed by atoms with Crippen molar-refractivity contribution >= 4 is 18.3 Å². The van der Waals surface area contributed by atoms with E-state index >= 15 is 0 Å². The minimum absolute atomic E-state index is 0.359. The summed E-state index contributed by atoms with van der Waals surface area (Å²) in [6, 6.07) is 5.88. The van der Waals surface area contributed by atoms with E-state index in [1.807, 2.05) is 18.2 Å². The van der Waals surface area contributed by atoms with E-state index in [2.05, 4.69) is 5.48 Å². The summed E-state index contributed by atoms with van der Waals surface area (Å²) >= 11 is 0. The molecule has 0 atom stereocenters. The molecule has 1 aliphatic heterocycles. The van der Waals surface area contributed by atoms with E-state index in [1.165, 1.54) is 0 Å². The van der Waals surface area contributed by atoms with Gasteiger partial charge >= 0.3 is 7.12 Å². The highest BCUT2D eigenvalue weighted by Gasteiger charge is 2.26. The van der Waals surface area contributed by atoms with Crippen LogP contribution in [0.15, 0.2) is 18.2 Å². The third kappa shape index (κ3) is 2.07. The summed E-state index contributed by atoms with van der Waals surface area (Å²) in [5, 5.41) is 9.68. The Labute approximate surface area is 94.7 Å². The summed E-state index contributed by atoms with van der Waals surface area (Å²) in [5.41, 5.74) is 5.77. The van der Waals surface area contributed by atoms with Crippen LogP contribution in [-0.4, -0.2) is 24.9 Å². The predicted octanol–water partition coefficient (Wildman–Crippen LogP) is 0.453. The zero-order valence-electron chi connectivity index (χ0n) is 8.98. The van der Waals surface area contributed by atoms with Crippen LogP contribution in [-0.2, 0) is 15.9 Å². The van der Waals surface area contributed by atoms with Gasteiger partial charge in [0.2, 0.25) is 0 Å². The molecule has 1 fully saturated rings. The maximum Gasteiger partial charge on any atom is 0.491 e. The number of nitrogens with one attached hydrogen (secondary N) is 1. The van der Waals surface area contributed by atoms with E-state index in [0.717, 1.165) is 36.0 Å². The second-order valence-electron chi connectivity index (χ2n) is 4.31. The Kier molecular flexibility index (Phi) is 2.59. The van der Waals surface area contributed by atoms with Crippen molar-refractivity contribution in [2.45, 2.75) is 25.4 Å². The number of rotatable bonds is 3. The number of hydrogen-bond acceptors (Lipinski definition) is 4. The molecule has 16 heavy (non-hydrogen) atoms. The maximum absolute atomic E-state index is 9.68. The molecule has 2 N–H and O–H groups in total. The lowest BCUT2D eigenvalue weighted by Crippen LogP contribution is -2.41. The number of fused-ring (bicyclic) bond motifs is 1. The van der Waals surface area contributed by atoms with Crippen LogP contribution in [0.3, 0.4) is 0 Å². The van der Waals surface area contributed by atoms with Crippen LogP contribution >= 0.6 is 0 Å². The first-order chi connectivity index (χ1) is 7.83. The smallest absolute Gasteiger partial charge is 0.423 e. The van der Waals surface area contributed by atoms with Crippen LogP contribution in [0, 0.1) is 0 Å². The third-order valence-electron chi connectivity index (χ3n) is 2.93. The minimum atomic E-state index is -0.800. The molecule has 0 spiro atoms. The van der Waals surface area contributed by atoms with Gasteiger partial charge in [-0.2, -0.15) is 0 Å². The lowest BCUT2D eigenvalue weighted by Gasteiger charge is -2.19. The van der Waals surface area contributed by atoms with E-state index in [-0.39, 0.29) is 0 Å². The first-order valence-corrected chi connectivity index (χ1v) is 5.67. The van der Waals surface area contributed by atoms with Gasteiger partial charge in [-0.1, -0.05) is 6.07 Å². The van der Waals surface area contributed by atoms with E-state index in [4.69, 9.17) is 9.49 Å². The van der Waals surface area contributed by atoms with Crippen molar-refractivity contribution in [2.75, 3.05) is 12.1 Å². The second-order valence-corrected chi connectivity index (χ2v) is 4.31. The predicted molar refractivity (Wildman–Crippen MR) is 61.4 cm³/mol. The van der Waals surface area contributed by atoms with Crippen molar-refractivity contribution in [2.24, 2.45) is 0 Å². The molecule has 1 saturated carbocycles. The standard InChI is InChI=1S/C11H14BNO3/c14-12-11-7-9(13-16-10-3-4-10)2-1-8(11)5-6-15-12/h1-2,7,10,13-14H,3-6H2. The fourth-order valence-electron chi connectivity index (χ4n) is 1.82. The molecular weight excluding hydrogens is 205 g/mol. The summed E-state index contributed by atoms with van der Waals surface area (Å²) < 4.78 is 5.18. The van der Waals surface area contributed by atoms with Gasteiger partial charge in [0.15, 0.2) is 0 Å². The maximum atomic E-state index is 9.68. The summed E-state index contributed by atoms with van der Waals surface area (Å²) in [6.07, 6.45) is 3.47. The highest BCUT2D eigenvalue weighted by Crippen LogP contribution is 2.24. The Morgan fingerprint density at radius 2 is 2.31 bits per heavy atom. The normalized spacial score (nSPS) is 19.4. The highest BCUT2D eigenvalue weighted by atomic mass is 16.7. The fourth-order valence-corrected chi connectivity index (χ4v) is 1.82. The van der Waals surface area contributed by atoms with Crippen LogP contribution in [0.25, 0.3) is 0 Å². The Bertz CT molecular complexity index is 395. The summed E-state index contributed by atoms with van der Waals surface area (Å²) in [4.78, 5) is 5.39. The minimum Gasteiger partial charge on any atom is -0.423 e. The second kappa shape index (κ2) is 4.09. The molecule has 0 saturated heterocycles. The van der Waals surface area contributed by atoms with Gasteiger partial charge in [-0.25, -0.2) is 0 Å². The molecule has 0 amide bonds. The van der Waals surface area contributed by atoms with Gasteiger partial charge in [0, 0.05) is 6.61 Å². The molecule has 0 bridgehead atoms.